The summed E-state index contributed by atoms with van der Waals surface area (Å²) < 4.78 is 2.40. The number of rotatable bonds is 7. The molecule has 2 heteroatoms. The molecule has 0 spiro atoms. The molecule has 0 radical (unpaired) electrons. The zero-order chi connectivity index (χ0) is 35.8. The maximum absolute atomic E-state index is 2.46. The Hall–Kier alpha value is -7.16. The van der Waals surface area contributed by atoms with Crippen LogP contribution < -0.4 is 4.90 Å². The summed E-state index contributed by atoms with van der Waals surface area (Å²) >= 11 is 0. The van der Waals surface area contributed by atoms with Crippen LogP contribution in [0.1, 0.15) is 0 Å². The van der Waals surface area contributed by atoms with E-state index in [-0.39, 0.29) is 0 Å². The summed E-state index contributed by atoms with van der Waals surface area (Å²) in [5.41, 5.74) is 13.8. The number of hydrogen-bond acceptors (Lipinski definition) is 1. The van der Waals surface area contributed by atoms with Crippen molar-refractivity contribution in [3.8, 4) is 39.1 Å². The lowest BCUT2D eigenvalue weighted by Crippen LogP contribution is -2.12. The largest absolute Gasteiger partial charge is 0.310 e. The van der Waals surface area contributed by atoms with Crippen molar-refractivity contribution in [3.63, 3.8) is 0 Å². The average molecular weight is 689 g/mol. The van der Waals surface area contributed by atoms with E-state index in [4.69, 9.17) is 0 Å². The first-order valence-electron chi connectivity index (χ1n) is 18.5. The van der Waals surface area contributed by atoms with E-state index < -0.39 is 0 Å². The van der Waals surface area contributed by atoms with Gasteiger partial charge < -0.3 is 9.47 Å². The van der Waals surface area contributed by atoms with Gasteiger partial charge in [-0.25, -0.2) is 0 Å². The zero-order valence-corrected chi connectivity index (χ0v) is 29.7. The molecule has 0 atom stereocenters. The van der Waals surface area contributed by atoms with Crippen molar-refractivity contribution in [2.45, 2.75) is 0 Å². The molecule has 0 fully saturated rings. The highest BCUT2D eigenvalue weighted by molar-refractivity contribution is 6.11. The smallest absolute Gasteiger partial charge is 0.0561 e. The number of hydrogen-bond donors (Lipinski definition) is 0. The minimum Gasteiger partial charge on any atom is -0.310 e. The summed E-state index contributed by atoms with van der Waals surface area (Å²) in [6.45, 7) is 0. The molecule has 1 aromatic heterocycles. The van der Waals surface area contributed by atoms with Crippen molar-refractivity contribution in [1.29, 1.82) is 0 Å². The number of aromatic nitrogens is 1. The minimum atomic E-state index is 1.08. The van der Waals surface area contributed by atoms with E-state index in [1.165, 1.54) is 60.4 Å². The second-order valence-corrected chi connectivity index (χ2v) is 13.8. The first-order valence-corrected chi connectivity index (χ1v) is 18.5. The van der Waals surface area contributed by atoms with Gasteiger partial charge in [0, 0.05) is 33.4 Å². The molecule has 0 N–H and O–H groups in total. The van der Waals surface area contributed by atoms with E-state index in [0.717, 1.165) is 28.3 Å². The lowest BCUT2D eigenvalue weighted by Gasteiger charge is -2.29. The summed E-state index contributed by atoms with van der Waals surface area (Å²) in [5, 5.41) is 4.92. The highest BCUT2D eigenvalue weighted by Gasteiger charge is 2.22. The fourth-order valence-electron chi connectivity index (χ4n) is 8.07. The predicted octanol–water partition coefficient (Wildman–Crippen LogP) is 14.4. The van der Waals surface area contributed by atoms with E-state index in [1.54, 1.807) is 0 Å². The number of fused-ring (bicyclic) bond motifs is 4. The van der Waals surface area contributed by atoms with Crippen LogP contribution in [0.4, 0.5) is 17.1 Å². The second-order valence-electron chi connectivity index (χ2n) is 13.8. The molecule has 0 unspecified atom stereocenters. The van der Waals surface area contributed by atoms with Crippen molar-refractivity contribution >= 4 is 49.6 Å². The topological polar surface area (TPSA) is 8.17 Å². The van der Waals surface area contributed by atoms with E-state index >= 15 is 0 Å². The Morgan fingerprint density at radius 3 is 1.61 bits per heavy atom. The van der Waals surface area contributed by atoms with Gasteiger partial charge in [0.05, 0.1) is 16.7 Å². The van der Waals surface area contributed by atoms with E-state index in [0.29, 0.717) is 0 Å². The van der Waals surface area contributed by atoms with E-state index in [1.807, 2.05) is 0 Å². The first kappa shape index (κ1) is 31.6. The van der Waals surface area contributed by atoms with Crippen LogP contribution in [0.25, 0.3) is 71.6 Å². The second kappa shape index (κ2) is 13.4. The van der Waals surface area contributed by atoms with Crippen molar-refractivity contribution in [3.05, 3.63) is 218 Å². The number of benzene rings is 9. The van der Waals surface area contributed by atoms with Crippen LogP contribution in [0.5, 0.6) is 0 Å². The standard InChI is InChI=1S/C52H36N2/c1-4-17-37(18-5-1)40-33-41(38-19-6-2-7-20-38)35-44(34-40)53(50-29-14-12-26-47(50)46-28-16-22-39-21-10-11-25-45(39)46)43-31-32-49-48-27-13-15-30-51(48)54(52(49)36-43)42-23-8-3-9-24-42/h1-36H. The maximum atomic E-state index is 2.46. The molecule has 9 aromatic carbocycles. The van der Waals surface area contributed by atoms with Crippen LogP contribution in [0.2, 0.25) is 0 Å². The normalized spacial score (nSPS) is 11.3. The van der Waals surface area contributed by atoms with E-state index in [9.17, 15) is 0 Å². The van der Waals surface area contributed by atoms with Gasteiger partial charge in [-0.1, -0.05) is 164 Å². The van der Waals surface area contributed by atoms with Gasteiger partial charge in [-0.2, -0.15) is 0 Å². The van der Waals surface area contributed by atoms with Crippen LogP contribution in [0.15, 0.2) is 218 Å². The molecular formula is C52H36N2. The van der Waals surface area contributed by atoms with Crippen LogP contribution in [0.3, 0.4) is 0 Å². The van der Waals surface area contributed by atoms with Crippen LogP contribution in [0, 0.1) is 0 Å². The Bertz CT molecular complexity index is 2860. The molecule has 1 heterocycles. The third kappa shape index (κ3) is 5.53. The molecule has 0 amide bonds. The van der Waals surface area contributed by atoms with Gasteiger partial charge in [-0.15, -0.1) is 0 Å². The maximum Gasteiger partial charge on any atom is 0.0561 e. The number of anilines is 3. The summed E-state index contributed by atoms with van der Waals surface area (Å²) in [7, 11) is 0. The summed E-state index contributed by atoms with van der Waals surface area (Å²) in [6.07, 6.45) is 0. The molecule has 0 saturated carbocycles. The van der Waals surface area contributed by atoms with Gasteiger partial charge in [0.15, 0.2) is 0 Å². The molecule has 10 aromatic rings. The Morgan fingerprint density at radius 1 is 0.315 bits per heavy atom. The van der Waals surface area contributed by atoms with Gasteiger partial charge in [-0.05, 0) is 93.2 Å². The molecule has 54 heavy (non-hydrogen) atoms. The Balaban J connectivity index is 1.29. The van der Waals surface area contributed by atoms with Crippen LogP contribution >= 0.6 is 0 Å². The molecule has 0 saturated heterocycles. The monoisotopic (exact) mass is 688 g/mol. The molecule has 2 nitrogen and oxygen atoms in total. The Morgan fingerprint density at radius 2 is 0.870 bits per heavy atom. The number of para-hydroxylation sites is 3. The molecule has 254 valence electrons. The van der Waals surface area contributed by atoms with Gasteiger partial charge in [0.25, 0.3) is 0 Å². The van der Waals surface area contributed by atoms with Gasteiger partial charge in [-0.3, -0.25) is 0 Å². The SMILES string of the molecule is c1ccc(-c2cc(-c3ccccc3)cc(N(c3ccc4c5ccccc5n(-c5ccccc5)c4c3)c3ccccc3-c3cccc4ccccc34)c2)cc1. The Labute approximate surface area is 315 Å². The third-order valence-corrected chi connectivity index (χ3v) is 10.5. The molecule has 0 aliphatic rings. The lowest BCUT2D eigenvalue weighted by molar-refractivity contribution is 1.18. The average Bonchev–Trinajstić information content (AvgIpc) is 3.58. The van der Waals surface area contributed by atoms with Crippen molar-refractivity contribution in [1.82, 2.24) is 4.57 Å². The fourth-order valence-corrected chi connectivity index (χ4v) is 8.07. The Kier molecular flexibility index (Phi) is 7.85. The van der Waals surface area contributed by atoms with Crippen molar-refractivity contribution in [2.75, 3.05) is 4.90 Å². The first-order chi connectivity index (χ1) is 26.8. The van der Waals surface area contributed by atoms with Gasteiger partial charge in [0.2, 0.25) is 0 Å². The molecule has 10 rings (SSSR count). The summed E-state index contributed by atoms with van der Waals surface area (Å²) in [4.78, 5) is 2.46. The zero-order valence-electron chi connectivity index (χ0n) is 29.7. The van der Waals surface area contributed by atoms with E-state index in [2.05, 4.69) is 228 Å². The van der Waals surface area contributed by atoms with Crippen molar-refractivity contribution in [2.24, 2.45) is 0 Å². The highest BCUT2D eigenvalue weighted by Crippen LogP contribution is 2.46. The fraction of sp³-hybridized carbons (Fsp3) is 0. The summed E-state index contributed by atoms with van der Waals surface area (Å²) in [6, 6.07) is 79.0. The molecule has 0 bridgehead atoms. The quantitative estimate of drug-likeness (QED) is 0.162. The van der Waals surface area contributed by atoms with Gasteiger partial charge in [0.1, 0.15) is 0 Å². The summed E-state index contributed by atoms with van der Waals surface area (Å²) in [5.74, 6) is 0. The van der Waals surface area contributed by atoms with Crippen LogP contribution in [-0.2, 0) is 0 Å². The lowest BCUT2D eigenvalue weighted by atomic mass is 9.94. The minimum absolute atomic E-state index is 1.08. The van der Waals surface area contributed by atoms with Gasteiger partial charge >= 0.3 is 0 Å². The molecule has 0 aliphatic carbocycles. The molecule has 0 aliphatic heterocycles. The predicted molar refractivity (Wildman–Crippen MR) is 229 cm³/mol. The van der Waals surface area contributed by atoms with Crippen LogP contribution in [-0.4, -0.2) is 4.57 Å². The molecular weight excluding hydrogens is 653 g/mol. The number of nitrogens with zero attached hydrogens (tertiary/aromatic N) is 2. The van der Waals surface area contributed by atoms with Crippen molar-refractivity contribution < 1.29 is 0 Å². The highest BCUT2D eigenvalue weighted by atomic mass is 15.1. The third-order valence-electron chi connectivity index (χ3n) is 10.5.